The molecule has 0 amide bonds. The van der Waals surface area contributed by atoms with Crippen molar-refractivity contribution in [1.82, 2.24) is 0 Å². The molecule has 0 aliphatic heterocycles. The highest BCUT2D eigenvalue weighted by Crippen LogP contribution is 2.34. The number of ether oxygens (including phenoxy) is 2. The van der Waals surface area contributed by atoms with Gasteiger partial charge in [0.15, 0.2) is 0 Å². The van der Waals surface area contributed by atoms with Crippen LogP contribution in [0.4, 0.5) is 11.4 Å². The fourth-order valence-electron chi connectivity index (χ4n) is 5.57. The highest BCUT2D eigenvalue weighted by Gasteiger charge is 2.21. The Bertz CT molecular complexity index is 2810. The lowest BCUT2D eigenvalue weighted by atomic mass is 10.00. The van der Waals surface area contributed by atoms with Gasteiger partial charge in [0, 0.05) is 22.7 Å². The molecule has 0 unspecified atom stereocenters. The van der Waals surface area contributed by atoms with Crippen LogP contribution in [0.5, 0.6) is 17.2 Å². The van der Waals surface area contributed by atoms with Gasteiger partial charge < -0.3 is 29.9 Å². The maximum Gasteiger partial charge on any atom is 0.339 e. The minimum atomic E-state index is -4.06. The van der Waals surface area contributed by atoms with E-state index in [2.05, 4.69) is 9.44 Å². The number of hydrogen-bond acceptors (Lipinski definition) is 11. The summed E-state index contributed by atoms with van der Waals surface area (Å²) >= 11 is 6.06. The molecule has 15 nitrogen and oxygen atoms in total. The Morgan fingerprint density at radius 2 is 1.05 bits per heavy atom. The monoisotopic (exact) mass is 860 g/mol. The summed E-state index contributed by atoms with van der Waals surface area (Å²) in [6.07, 6.45) is 0. The summed E-state index contributed by atoms with van der Waals surface area (Å²) in [4.78, 5) is 33.9. The molecule has 18 heteroatoms. The number of aromatic hydroxyl groups is 2. The SMILES string of the molecule is COC(=O)c1ccccc1-c1cccc(S(=O)(=O)Nc2ccc(C(=O)O)c(O)c2)c1.COc1ccc(Cl)cc1-c1cccc(S(=O)(=O)Nc2ccc(C(=O)O)c(O)c2)c1. The van der Waals surface area contributed by atoms with Gasteiger partial charge in [-0.15, -0.1) is 0 Å². The second-order valence-electron chi connectivity index (χ2n) is 12.2. The summed E-state index contributed by atoms with van der Waals surface area (Å²) in [6.45, 7) is 0. The molecule has 0 atom stereocenters. The fraction of sp³-hybridized carbons (Fsp3) is 0.0488. The number of halogens is 1. The summed E-state index contributed by atoms with van der Waals surface area (Å²) in [7, 11) is -5.30. The number of sulfonamides is 2. The third kappa shape index (κ3) is 10.3. The van der Waals surface area contributed by atoms with Crippen molar-refractivity contribution >= 4 is 60.9 Å². The Labute approximate surface area is 342 Å². The van der Waals surface area contributed by atoms with Crippen LogP contribution in [0.3, 0.4) is 0 Å². The summed E-state index contributed by atoms with van der Waals surface area (Å²) in [6, 6.07) is 30.5. The summed E-state index contributed by atoms with van der Waals surface area (Å²) < 4.78 is 65.8. The summed E-state index contributed by atoms with van der Waals surface area (Å²) in [5.74, 6) is -3.78. The number of carbonyl (C=O) groups is 3. The molecule has 0 aromatic heterocycles. The predicted octanol–water partition coefficient (Wildman–Crippen LogP) is 7.57. The molecule has 0 bridgehead atoms. The quantitative estimate of drug-likeness (QED) is 0.0652. The normalized spacial score (nSPS) is 11.0. The van der Waals surface area contributed by atoms with Crippen molar-refractivity contribution in [2.45, 2.75) is 9.79 Å². The lowest BCUT2D eigenvalue weighted by Crippen LogP contribution is -2.13. The fourth-order valence-corrected chi connectivity index (χ4v) is 7.93. The number of rotatable bonds is 12. The van der Waals surface area contributed by atoms with Gasteiger partial charge in [-0.2, -0.15) is 0 Å². The molecule has 0 aliphatic rings. The highest BCUT2D eigenvalue weighted by molar-refractivity contribution is 7.93. The number of carboxylic acid groups (broad SMARTS) is 2. The second kappa shape index (κ2) is 18.0. The molecule has 304 valence electrons. The zero-order valence-corrected chi connectivity index (χ0v) is 33.2. The molecular weight excluding hydrogens is 828 g/mol. The van der Waals surface area contributed by atoms with E-state index >= 15 is 0 Å². The number of carboxylic acids is 2. The van der Waals surface area contributed by atoms with Crippen molar-refractivity contribution in [1.29, 1.82) is 0 Å². The largest absolute Gasteiger partial charge is 0.507 e. The number of methoxy groups -OCH3 is 2. The first-order valence-corrected chi connectivity index (χ1v) is 20.2. The molecular formula is C41H33ClN2O13S2. The molecule has 0 saturated heterocycles. The van der Waals surface area contributed by atoms with Crippen LogP contribution in [0, 0.1) is 0 Å². The maximum absolute atomic E-state index is 12.8. The van der Waals surface area contributed by atoms with Gasteiger partial charge in [0.25, 0.3) is 20.0 Å². The number of hydrogen-bond donors (Lipinski definition) is 6. The first-order chi connectivity index (χ1) is 27.9. The van der Waals surface area contributed by atoms with Crippen molar-refractivity contribution in [3.8, 4) is 39.5 Å². The van der Waals surface area contributed by atoms with Crippen molar-refractivity contribution in [3.63, 3.8) is 0 Å². The second-order valence-corrected chi connectivity index (χ2v) is 16.0. The van der Waals surface area contributed by atoms with Crippen molar-refractivity contribution in [2.75, 3.05) is 23.7 Å². The van der Waals surface area contributed by atoms with E-state index in [9.17, 15) is 41.4 Å². The molecule has 0 fully saturated rings. The average molecular weight is 861 g/mol. The summed E-state index contributed by atoms with van der Waals surface area (Å²) in [5, 5.41) is 37.9. The summed E-state index contributed by atoms with van der Waals surface area (Å²) in [5.41, 5.74) is 1.83. The smallest absolute Gasteiger partial charge is 0.339 e. The molecule has 0 saturated carbocycles. The molecule has 6 aromatic rings. The van der Waals surface area contributed by atoms with Crippen molar-refractivity contribution < 1.29 is 61.1 Å². The lowest BCUT2D eigenvalue weighted by molar-refractivity contribution is 0.0599. The molecule has 0 heterocycles. The first kappa shape index (κ1) is 43.1. The Morgan fingerprint density at radius 3 is 1.51 bits per heavy atom. The number of carbonyl (C=O) groups excluding carboxylic acids is 1. The number of esters is 1. The molecule has 0 aliphatic carbocycles. The minimum Gasteiger partial charge on any atom is -0.507 e. The van der Waals surface area contributed by atoms with E-state index in [4.69, 9.17) is 31.3 Å². The zero-order chi connectivity index (χ0) is 43.1. The Kier molecular flexibility index (Phi) is 13.1. The van der Waals surface area contributed by atoms with Crippen LogP contribution < -0.4 is 14.2 Å². The first-order valence-electron chi connectivity index (χ1n) is 16.8. The third-order valence-corrected chi connectivity index (χ3v) is 11.4. The van der Waals surface area contributed by atoms with E-state index < -0.39 is 49.5 Å². The number of anilines is 2. The van der Waals surface area contributed by atoms with Crippen LogP contribution in [-0.4, -0.2) is 69.4 Å². The van der Waals surface area contributed by atoms with Crippen LogP contribution in [0.25, 0.3) is 22.3 Å². The topological polar surface area (TPSA) is 243 Å². The van der Waals surface area contributed by atoms with Gasteiger partial charge in [-0.3, -0.25) is 9.44 Å². The van der Waals surface area contributed by atoms with Gasteiger partial charge in [0.2, 0.25) is 0 Å². The van der Waals surface area contributed by atoms with Gasteiger partial charge in [0.1, 0.15) is 28.4 Å². The van der Waals surface area contributed by atoms with Crippen LogP contribution in [0.15, 0.2) is 137 Å². The molecule has 6 rings (SSSR count). The number of phenols is 2. The number of nitrogens with one attached hydrogen (secondary N) is 2. The van der Waals surface area contributed by atoms with E-state index in [0.29, 0.717) is 33.0 Å². The Morgan fingerprint density at radius 1 is 0.559 bits per heavy atom. The predicted molar refractivity (Wildman–Crippen MR) is 218 cm³/mol. The molecule has 6 aromatic carbocycles. The van der Waals surface area contributed by atoms with Crippen LogP contribution in [0.1, 0.15) is 31.1 Å². The molecule has 59 heavy (non-hydrogen) atoms. The van der Waals surface area contributed by atoms with Gasteiger partial charge in [-0.1, -0.05) is 54.1 Å². The number of benzene rings is 6. The van der Waals surface area contributed by atoms with E-state index in [1.807, 2.05) is 0 Å². The maximum atomic E-state index is 12.8. The van der Waals surface area contributed by atoms with E-state index in [-0.39, 0.29) is 37.9 Å². The van der Waals surface area contributed by atoms with Crippen LogP contribution in [0.2, 0.25) is 5.02 Å². The van der Waals surface area contributed by atoms with E-state index in [1.165, 1.54) is 56.7 Å². The molecule has 6 N–H and O–H groups in total. The average Bonchev–Trinajstić information content (AvgIpc) is 3.20. The van der Waals surface area contributed by atoms with Gasteiger partial charge in [-0.25, -0.2) is 31.2 Å². The minimum absolute atomic E-state index is 0.00198. The van der Waals surface area contributed by atoms with Gasteiger partial charge >= 0.3 is 17.9 Å². The van der Waals surface area contributed by atoms with E-state index in [0.717, 1.165) is 24.3 Å². The third-order valence-electron chi connectivity index (χ3n) is 8.37. The lowest BCUT2D eigenvalue weighted by Gasteiger charge is -2.12. The van der Waals surface area contributed by atoms with Crippen LogP contribution in [-0.2, 0) is 24.8 Å². The van der Waals surface area contributed by atoms with Crippen LogP contribution >= 0.6 is 11.6 Å². The van der Waals surface area contributed by atoms with Crippen molar-refractivity contribution in [2.24, 2.45) is 0 Å². The number of aromatic carboxylic acids is 2. The standard InChI is InChI=1S/C21H17NO7S.C20H16ClNO6S/c1-29-21(26)17-8-3-2-7-16(17)13-5-4-6-15(11-13)30(27,28)22-14-9-10-18(20(24)25)19(23)12-14;1-28-19-8-5-13(21)10-17(19)12-3-2-4-15(9-12)29(26,27)22-14-6-7-16(20(24)25)18(23)11-14/h2-12,22-23H,1H3,(H,24,25);2-11,22-23H,1H3,(H,24,25). The zero-order valence-electron chi connectivity index (χ0n) is 30.8. The highest BCUT2D eigenvalue weighted by atomic mass is 35.5. The molecule has 0 spiro atoms. The van der Waals surface area contributed by atoms with Gasteiger partial charge in [-0.05, 0) is 89.5 Å². The Balaban J connectivity index is 0.000000224. The Hall–Kier alpha value is -7.08. The van der Waals surface area contributed by atoms with Gasteiger partial charge in [0.05, 0.1) is 40.9 Å². The van der Waals surface area contributed by atoms with Crippen molar-refractivity contribution in [3.05, 3.63) is 149 Å². The van der Waals surface area contributed by atoms with E-state index in [1.54, 1.807) is 60.7 Å². The molecule has 0 radical (unpaired) electrons.